The Bertz CT molecular complexity index is 119. The third-order valence-electron chi connectivity index (χ3n) is 1.50. The zero-order valence-corrected chi connectivity index (χ0v) is 7.76. The van der Waals surface area contributed by atoms with Crippen molar-refractivity contribution >= 4 is 6.09 Å². The van der Waals surface area contributed by atoms with Crippen LogP contribution >= 0.6 is 0 Å². The van der Waals surface area contributed by atoms with E-state index in [9.17, 15) is 4.79 Å². The number of carbonyl (C=O) groups excluding carboxylic acids is 1. The lowest BCUT2D eigenvalue weighted by Crippen LogP contribution is -2.48. The first-order valence-electron chi connectivity index (χ1n) is 4.07. The first-order valence-corrected chi connectivity index (χ1v) is 4.07. The fourth-order valence-corrected chi connectivity index (χ4v) is 0.977. The molecule has 1 saturated heterocycles. The van der Waals surface area contributed by atoms with Gasteiger partial charge in [0, 0.05) is 13.1 Å². The highest BCUT2D eigenvalue weighted by atomic mass is 16.5. The fraction of sp³-hybridized carbons (Fsp3) is 0.875. The van der Waals surface area contributed by atoms with Gasteiger partial charge in [0.2, 0.25) is 0 Å². The topological polar surface area (TPSA) is 29.5 Å². The fourth-order valence-electron chi connectivity index (χ4n) is 0.977. The zero-order valence-electron chi connectivity index (χ0n) is 7.76. The minimum absolute atomic E-state index is 0.201. The van der Waals surface area contributed by atoms with E-state index in [-0.39, 0.29) is 6.09 Å². The van der Waals surface area contributed by atoms with Gasteiger partial charge in [-0.15, -0.1) is 0 Å². The summed E-state index contributed by atoms with van der Waals surface area (Å²) in [5.41, 5.74) is 0. The monoisotopic (exact) mass is 159 g/mol. The van der Waals surface area contributed by atoms with E-state index in [1.807, 2.05) is 13.8 Å². The van der Waals surface area contributed by atoms with Crippen molar-refractivity contribution in [3.63, 3.8) is 0 Å². The van der Waals surface area contributed by atoms with Crippen molar-refractivity contribution < 1.29 is 9.53 Å². The Labute approximate surface area is 68.3 Å². The van der Waals surface area contributed by atoms with Gasteiger partial charge in [0.25, 0.3) is 0 Å². The second-order valence-electron chi connectivity index (χ2n) is 2.48. The van der Waals surface area contributed by atoms with Gasteiger partial charge in [-0.3, -0.25) is 0 Å². The van der Waals surface area contributed by atoms with Crippen molar-refractivity contribution in [1.29, 1.82) is 0 Å². The summed E-state index contributed by atoms with van der Waals surface area (Å²) in [4.78, 5) is 12.3. The van der Waals surface area contributed by atoms with Gasteiger partial charge in [-0.2, -0.15) is 0 Å². The van der Waals surface area contributed by atoms with Gasteiger partial charge < -0.3 is 9.64 Å². The van der Waals surface area contributed by atoms with E-state index in [0.29, 0.717) is 5.92 Å². The molecule has 0 N–H and O–H groups in total. The van der Waals surface area contributed by atoms with Crippen LogP contribution in [0.5, 0.6) is 0 Å². The molecule has 1 aliphatic rings. The highest BCUT2D eigenvalue weighted by Gasteiger charge is 2.27. The van der Waals surface area contributed by atoms with E-state index in [4.69, 9.17) is 0 Å². The van der Waals surface area contributed by atoms with Crippen LogP contribution in [0.1, 0.15) is 20.8 Å². The van der Waals surface area contributed by atoms with Crippen LogP contribution in [0.2, 0.25) is 0 Å². The van der Waals surface area contributed by atoms with Crippen LogP contribution in [0.25, 0.3) is 0 Å². The summed E-state index contributed by atoms with van der Waals surface area (Å²) in [5, 5.41) is 0. The molecule has 0 radical (unpaired) electrons. The molecule has 0 aromatic carbocycles. The largest absolute Gasteiger partial charge is 0.453 e. The molecule has 0 unspecified atom stereocenters. The summed E-state index contributed by atoms with van der Waals surface area (Å²) in [6, 6.07) is 0. The Morgan fingerprint density at radius 3 is 2.18 bits per heavy atom. The molecule has 3 heteroatoms. The Balaban J connectivity index is 0.000000461. The summed E-state index contributed by atoms with van der Waals surface area (Å²) in [6.07, 6.45) is -0.201. The van der Waals surface area contributed by atoms with Gasteiger partial charge in [0.05, 0.1) is 7.11 Å². The average Bonchev–Trinajstić information content (AvgIpc) is 2.01. The van der Waals surface area contributed by atoms with Gasteiger partial charge in [-0.25, -0.2) is 4.79 Å². The number of methoxy groups -OCH3 is 1. The van der Waals surface area contributed by atoms with Crippen LogP contribution in [0, 0.1) is 5.92 Å². The molecule has 3 nitrogen and oxygen atoms in total. The molecule has 1 fully saturated rings. The first kappa shape index (κ1) is 10.3. The summed E-state index contributed by atoms with van der Waals surface area (Å²) in [7, 11) is 1.41. The van der Waals surface area contributed by atoms with E-state index in [1.54, 1.807) is 4.90 Å². The van der Waals surface area contributed by atoms with Crippen LogP contribution < -0.4 is 0 Å². The van der Waals surface area contributed by atoms with E-state index in [2.05, 4.69) is 11.7 Å². The lowest BCUT2D eigenvalue weighted by atomic mass is 10.0. The third-order valence-corrected chi connectivity index (χ3v) is 1.50. The lowest BCUT2D eigenvalue weighted by Gasteiger charge is -2.35. The first-order chi connectivity index (χ1) is 5.24. The highest BCUT2D eigenvalue weighted by Crippen LogP contribution is 2.14. The molecule has 66 valence electrons. The van der Waals surface area contributed by atoms with Crippen LogP contribution in [-0.2, 0) is 4.74 Å². The Morgan fingerprint density at radius 2 is 1.91 bits per heavy atom. The van der Waals surface area contributed by atoms with E-state index < -0.39 is 0 Å². The lowest BCUT2D eigenvalue weighted by molar-refractivity contribution is 0.0734. The minimum atomic E-state index is -0.201. The van der Waals surface area contributed by atoms with Gasteiger partial charge in [-0.05, 0) is 5.92 Å². The van der Waals surface area contributed by atoms with Crippen LogP contribution in [0.15, 0.2) is 0 Å². The molecule has 1 amide bonds. The standard InChI is InChI=1S/C6H11NO2.C2H6/c1-5-3-7(4-5)6(8)9-2;1-2/h5H,3-4H2,1-2H3;1-2H3. The van der Waals surface area contributed by atoms with Gasteiger partial charge in [0.1, 0.15) is 0 Å². The number of likely N-dealkylation sites (tertiary alicyclic amines) is 1. The molecule has 0 aromatic rings. The number of hydrogen-bond donors (Lipinski definition) is 0. The molecule has 0 aromatic heterocycles. The maximum absolute atomic E-state index is 10.6. The van der Waals surface area contributed by atoms with Crippen molar-refractivity contribution in [2.45, 2.75) is 20.8 Å². The SMILES string of the molecule is CC.COC(=O)N1CC(C)C1. The summed E-state index contributed by atoms with van der Waals surface area (Å²) in [5.74, 6) is 0.657. The molecule has 0 spiro atoms. The molecule has 0 saturated carbocycles. The van der Waals surface area contributed by atoms with Crippen molar-refractivity contribution in [3.8, 4) is 0 Å². The number of hydrogen-bond acceptors (Lipinski definition) is 2. The molecular weight excluding hydrogens is 142 g/mol. The highest BCUT2D eigenvalue weighted by molar-refractivity contribution is 5.68. The Hall–Kier alpha value is -0.730. The van der Waals surface area contributed by atoms with Crippen LogP contribution in [0.4, 0.5) is 4.79 Å². The maximum atomic E-state index is 10.6. The van der Waals surface area contributed by atoms with Crippen LogP contribution in [-0.4, -0.2) is 31.2 Å². The van der Waals surface area contributed by atoms with Gasteiger partial charge in [0.15, 0.2) is 0 Å². The summed E-state index contributed by atoms with van der Waals surface area (Å²) < 4.78 is 4.49. The van der Waals surface area contributed by atoms with Crippen molar-refractivity contribution in [1.82, 2.24) is 4.90 Å². The smallest absolute Gasteiger partial charge is 0.409 e. The predicted molar refractivity (Wildman–Crippen MR) is 44.5 cm³/mol. The van der Waals surface area contributed by atoms with E-state index in [0.717, 1.165) is 13.1 Å². The summed E-state index contributed by atoms with van der Waals surface area (Å²) in [6.45, 7) is 7.82. The number of ether oxygens (including phenoxy) is 1. The Kier molecular flexibility index (Phi) is 4.66. The zero-order chi connectivity index (χ0) is 8.85. The molecule has 1 heterocycles. The van der Waals surface area contributed by atoms with Gasteiger partial charge in [-0.1, -0.05) is 20.8 Å². The molecule has 0 aliphatic carbocycles. The normalized spacial score (nSPS) is 16.2. The number of carbonyl (C=O) groups is 1. The second-order valence-corrected chi connectivity index (χ2v) is 2.48. The maximum Gasteiger partial charge on any atom is 0.409 e. The predicted octanol–water partition coefficient (Wildman–Crippen LogP) is 1.73. The van der Waals surface area contributed by atoms with E-state index in [1.165, 1.54) is 7.11 Å². The second kappa shape index (κ2) is 4.99. The molecular formula is C8H17NO2. The number of rotatable bonds is 0. The third kappa shape index (κ3) is 2.78. The average molecular weight is 159 g/mol. The molecule has 1 rings (SSSR count). The minimum Gasteiger partial charge on any atom is -0.453 e. The Morgan fingerprint density at radius 1 is 1.45 bits per heavy atom. The molecule has 0 bridgehead atoms. The number of nitrogens with zero attached hydrogens (tertiary/aromatic N) is 1. The van der Waals surface area contributed by atoms with Crippen LogP contribution in [0.3, 0.4) is 0 Å². The van der Waals surface area contributed by atoms with Crippen molar-refractivity contribution in [2.24, 2.45) is 5.92 Å². The van der Waals surface area contributed by atoms with E-state index >= 15 is 0 Å². The van der Waals surface area contributed by atoms with Crippen molar-refractivity contribution in [3.05, 3.63) is 0 Å². The molecule has 1 aliphatic heterocycles. The number of amides is 1. The summed E-state index contributed by atoms with van der Waals surface area (Å²) >= 11 is 0. The van der Waals surface area contributed by atoms with Gasteiger partial charge >= 0.3 is 6.09 Å². The molecule has 0 atom stereocenters. The van der Waals surface area contributed by atoms with Crippen molar-refractivity contribution in [2.75, 3.05) is 20.2 Å². The quantitative estimate of drug-likeness (QED) is 0.538. The molecule has 11 heavy (non-hydrogen) atoms.